The summed E-state index contributed by atoms with van der Waals surface area (Å²) in [5.74, 6) is 1.91. The van der Waals surface area contributed by atoms with Gasteiger partial charge in [-0.3, -0.25) is 0 Å². The molecule has 0 heterocycles. The van der Waals surface area contributed by atoms with E-state index < -0.39 is 0 Å². The molecule has 1 unspecified atom stereocenters. The molecule has 0 bridgehead atoms. The van der Waals surface area contributed by atoms with E-state index in [0.717, 1.165) is 5.57 Å². The van der Waals surface area contributed by atoms with Crippen molar-refractivity contribution in [2.75, 3.05) is 0 Å². The lowest BCUT2D eigenvalue weighted by Gasteiger charge is -2.19. The van der Waals surface area contributed by atoms with Crippen LogP contribution in [0.3, 0.4) is 0 Å². The van der Waals surface area contributed by atoms with E-state index in [2.05, 4.69) is 59.1 Å². The molecule has 0 saturated heterocycles. The van der Waals surface area contributed by atoms with E-state index in [1.165, 1.54) is 49.7 Å². The van der Waals surface area contributed by atoms with E-state index in [9.17, 15) is 0 Å². The Labute approximate surface area is 132 Å². The van der Waals surface area contributed by atoms with Crippen LogP contribution in [-0.2, 0) is 0 Å². The van der Waals surface area contributed by atoms with Gasteiger partial charge in [-0.1, -0.05) is 77.8 Å². The van der Waals surface area contributed by atoms with Crippen molar-refractivity contribution >= 4 is 0 Å². The van der Waals surface area contributed by atoms with Gasteiger partial charge >= 0.3 is 0 Å². The van der Waals surface area contributed by atoms with Crippen LogP contribution in [0.1, 0.15) is 66.2 Å². The molecular weight excluding hydrogens is 252 g/mol. The molecule has 0 heteroatoms. The van der Waals surface area contributed by atoms with Crippen LogP contribution in [0.25, 0.3) is 0 Å². The van der Waals surface area contributed by atoms with Gasteiger partial charge in [-0.05, 0) is 54.2 Å². The van der Waals surface area contributed by atoms with Gasteiger partial charge in [-0.15, -0.1) is 0 Å². The van der Waals surface area contributed by atoms with Gasteiger partial charge in [0.1, 0.15) is 0 Å². The number of hydrogen-bond acceptors (Lipinski definition) is 0. The number of rotatable bonds is 6. The van der Waals surface area contributed by atoms with Crippen molar-refractivity contribution in [2.45, 2.75) is 66.2 Å². The van der Waals surface area contributed by atoms with E-state index in [4.69, 9.17) is 0 Å². The third-order valence-electron chi connectivity index (χ3n) is 5.10. The van der Waals surface area contributed by atoms with Crippen molar-refractivity contribution in [3.8, 4) is 0 Å². The third-order valence-corrected chi connectivity index (χ3v) is 5.10. The zero-order valence-electron chi connectivity index (χ0n) is 14.6. The SMILES string of the molecule is C=C(/C=C\C(=C/C)C(C)C(C)C)C(=C)C1CCCCCC1. The van der Waals surface area contributed by atoms with Crippen molar-refractivity contribution in [2.24, 2.45) is 17.8 Å². The first-order chi connectivity index (χ1) is 9.97. The van der Waals surface area contributed by atoms with Gasteiger partial charge in [0.2, 0.25) is 0 Å². The van der Waals surface area contributed by atoms with Crippen molar-refractivity contribution in [3.05, 3.63) is 48.1 Å². The van der Waals surface area contributed by atoms with E-state index in [1.807, 2.05) is 0 Å². The van der Waals surface area contributed by atoms with Crippen LogP contribution in [0.15, 0.2) is 48.1 Å². The van der Waals surface area contributed by atoms with Gasteiger partial charge in [0, 0.05) is 0 Å². The molecule has 0 nitrogen and oxygen atoms in total. The highest BCUT2D eigenvalue weighted by molar-refractivity contribution is 5.40. The van der Waals surface area contributed by atoms with Gasteiger partial charge in [0.25, 0.3) is 0 Å². The lowest BCUT2D eigenvalue weighted by molar-refractivity contribution is 0.487. The van der Waals surface area contributed by atoms with Crippen molar-refractivity contribution < 1.29 is 0 Å². The molecule has 0 aromatic rings. The number of allylic oxidation sites excluding steroid dienone is 6. The Morgan fingerprint density at radius 2 is 1.52 bits per heavy atom. The lowest BCUT2D eigenvalue weighted by atomic mass is 9.86. The highest BCUT2D eigenvalue weighted by Crippen LogP contribution is 2.31. The van der Waals surface area contributed by atoms with Gasteiger partial charge in [0.05, 0.1) is 0 Å². The monoisotopic (exact) mass is 286 g/mol. The molecule has 0 spiro atoms. The summed E-state index contributed by atoms with van der Waals surface area (Å²) in [7, 11) is 0. The van der Waals surface area contributed by atoms with Crippen LogP contribution in [-0.4, -0.2) is 0 Å². The van der Waals surface area contributed by atoms with E-state index in [-0.39, 0.29) is 0 Å². The Morgan fingerprint density at radius 3 is 2.00 bits per heavy atom. The van der Waals surface area contributed by atoms with Crippen LogP contribution >= 0.6 is 0 Å². The third kappa shape index (κ3) is 5.69. The summed E-state index contributed by atoms with van der Waals surface area (Å²) >= 11 is 0. The summed E-state index contributed by atoms with van der Waals surface area (Å²) in [5, 5.41) is 0. The maximum atomic E-state index is 4.33. The van der Waals surface area contributed by atoms with Crippen molar-refractivity contribution in [1.82, 2.24) is 0 Å². The predicted molar refractivity (Wildman–Crippen MR) is 96.4 cm³/mol. The standard InChI is InChI=1S/C21H34/c1-7-20(18(5)16(2)3)15-14-17(4)19(6)21-12-10-8-9-11-13-21/h7,14-16,18,21H,4,6,8-13H2,1-3,5H3/b15-14-,20-7+. The maximum Gasteiger partial charge on any atom is -0.0162 e. The first-order valence-corrected chi connectivity index (χ1v) is 8.69. The second-order valence-corrected chi connectivity index (χ2v) is 6.89. The minimum absolute atomic E-state index is 0.588. The summed E-state index contributed by atoms with van der Waals surface area (Å²) in [6.45, 7) is 17.6. The molecule has 1 aliphatic rings. The Balaban J connectivity index is 2.66. The highest BCUT2D eigenvalue weighted by Gasteiger charge is 2.16. The molecule has 21 heavy (non-hydrogen) atoms. The molecule has 0 aromatic heterocycles. The summed E-state index contributed by atoms with van der Waals surface area (Å²) in [4.78, 5) is 0. The fourth-order valence-corrected chi connectivity index (χ4v) is 3.09. The molecule has 0 amide bonds. The highest BCUT2D eigenvalue weighted by atomic mass is 14.2. The van der Waals surface area contributed by atoms with E-state index >= 15 is 0 Å². The van der Waals surface area contributed by atoms with Crippen molar-refractivity contribution in [3.63, 3.8) is 0 Å². The van der Waals surface area contributed by atoms with Crippen LogP contribution in [0.5, 0.6) is 0 Å². The Bertz CT molecular complexity index is 398. The molecule has 1 aliphatic carbocycles. The Kier molecular flexibility index (Phi) is 7.78. The first-order valence-electron chi connectivity index (χ1n) is 8.69. The molecule has 0 radical (unpaired) electrons. The summed E-state index contributed by atoms with van der Waals surface area (Å²) in [6.07, 6.45) is 14.7. The fraction of sp³-hybridized carbons (Fsp3) is 0.619. The maximum absolute atomic E-state index is 4.33. The lowest BCUT2D eigenvalue weighted by Crippen LogP contribution is -2.06. The normalized spacial score (nSPS) is 19.8. The fourth-order valence-electron chi connectivity index (χ4n) is 3.09. The zero-order chi connectivity index (χ0) is 15.8. The van der Waals surface area contributed by atoms with Crippen molar-refractivity contribution in [1.29, 1.82) is 0 Å². The number of hydrogen-bond donors (Lipinski definition) is 0. The summed E-state index contributed by atoms with van der Waals surface area (Å²) in [5.41, 5.74) is 3.79. The average molecular weight is 287 g/mol. The van der Waals surface area contributed by atoms with Gasteiger partial charge in [0.15, 0.2) is 0 Å². The Hall–Kier alpha value is -1.04. The molecule has 1 saturated carbocycles. The minimum atomic E-state index is 0.588. The molecule has 1 rings (SSSR count). The quantitative estimate of drug-likeness (QED) is 0.369. The minimum Gasteiger partial charge on any atom is -0.0950 e. The summed E-state index contributed by atoms with van der Waals surface area (Å²) < 4.78 is 0. The molecular formula is C21H34. The Morgan fingerprint density at radius 1 is 0.952 bits per heavy atom. The van der Waals surface area contributed by atoms with Gasteiger partial charge in [-0.25, -0.2) is 0 Å². The largest absolute Gasteiger partial charge is 0.0950 e. The molecule has 0 aliphatic heterocycles. The predicted octanol–water partition coefficient (Wildman–Crippen LogP) is 6.86. The summed E-state index contributed by atoms with van der Waals surface area (Å²) in [6, 6.07) is 0. The molecule has 1 atom stereocenters. The molecule has 118 valence electrons. The van der Waals surface area contributed by atoms with E-state index in [1.54, 1.807) is 0 Å². The van der Waals surface area contributed by atoms with Crippen LogP contribution in [0, 0.1) is 17.8 Å². The second kappa shape index (κ2) is 9.07. The first kappa shape index (κ1) is 18.0. The smallest absolute Gasteiger partial charge is 0.0162 e. The molecule has 0 aromatic carbocycles. The van der Waals surface area contributed by atoms with Crippen LogP contribution < -0.4 is 0 Å². The van der Waals surface area contributed by atoms with Crippen LogP contribution in [0.4, 0.5) is 0 Å². The second-order valence-electron chi connectivity index (χ2n) is 6.89. The average Bonchev–Trinajstić information content (AvgIpc) is 2.75. The molecule has 0 N–H and O–H groups in total. The van der Waals surface area contributed by atoms with Gasteiger partial charge < -0.3 is 0 Å². The van der Waals surface area contributed by atoms with E-state index in [0.29, 0.717) is 17.8 Å². The topological polar surface area (TPSA) is 0 Å². The van der Waals surface area contributed by atoms with Crippen LogP contribution in [0.2, 0.25) is 0 Å². The molecule has 1 fully saturated rings. The zero-order valence-corrected chi connectivity index (χ0v) is 14.6. The van der Waals surface area contributed by atoms with Gasteiger partial charge in [-0.2, -0.15) is 0 Å².